The standard InChI is InChI=1S/C21H19FN6O2S/c1-12-16(9-26-28(12)13(2)18(30)11-29)14-6-19(31-21-17(22)4-3-5-24-21)20-15(7-23)8-25-27(20)10-14/h3-6,8-10,13,18,29-30H,11H2,1-2H3/t13-,18-/m1/s1. The molecule has 0 saturated carbocycles. The summed E-state index contributed by atoms with van der Waals surface area (Å²) in [7, 11) is 0. The van der Waals surface area contributed by atoms with Crippen LogP contribution in [0.5, 0.6) is 0 Å². The number of rotatable bonds is 6. The second-order valence-corrected chi connectivity index (χ2v) is 8.06. The van der Waals surface area contributed by atoms with Crippen LogP contribution in [-0.4, -0.2) is 47.3 Å². The minimum Gasteiger partial charge on any atom is -0.394 e. The Bertz CT molecular complexity index is 1300. The third-order valence-electron chi connectivity index (χ3n) is 5.11. The number of nitriles is 1. The van der Waals surface area contributed by atoms with Crippen molar-refractivity contribution < 1.29 is 14.6 Å². The largest absolute Gasteiger partial charge is 0.394 e. The number of nitrogens with zero attached hydrogens (tertiary/aromatic N) is 6. The fraction of sp³-hybridized carbons (Fsp3) is 0.238. The molecule has 0 radical (unpaired) electrons. The van der Waals surface area contributed by atoms with Gasteiger partial charge in [-0.2, -0.15) is 15.5 Å². The summed E-state index contributed by atoms with van der Waals surface area (Å²) in [6.45, 7) is 3.26. The van der Waals surface area contributed by atoms with E-state index in [0.717, 1.165) is 28.6 Å². The zero-order valence-electron chi connectivity index (χ0n) is 16.8. The molecule has 8 nitrogen and oxygen atoms in total. The second kappa shape index (κ2) is 8.47. The first-order chi connectivity index (χ1) is 14.9. The smallest absolute Gasteiger partial charge is 0.155 e. The normalized spacial score (nSPS) is 13.3. The molecule has 0 saturated heterocycles. The quantitative estimate of drug-likeness (QED) is 0.476. The molecule has 4 aromatic rings. The van der Waals surface area contributed by atoms with E-state index < -0.39 is 18.0 Å². The van der Waals surface area contributed by atoms with Gasteiger partial charge in [0.2, 0.25) is 0 Å². The Labute approximate surface area is 181 Å². The highest BCUT2D eigenvalue weighted by Gasteiger charge is 2.21. The van der Waals surface area contributed by atoms with Crippen LogP contribution < -0.4 is 0 Å². The maximum Gasteiger partial charge on any atom is 0.155 e. The minimum atomic E-state index is -0.948. The van der Waals surface area contributed by atoms with Crippen molar-refractivity contribution in [3.8, 4) is 17.2 Å². The summed E-state index contributed by atoms with van der Waals surface area (Å²) in [5.41, 5.74) is 3.27. The Balaban J connectivity index is 1.85. The van der Waals surface area contributed by atoms with Crippen LogP contribution in [0.2, 0.25) is 0 Å². The van der Waals surface area contributed by atoms with Crippen molar-refractivity contribution in [2.45, 2.75) is 35.9 Å². The number of aliphatic hydroxyl groups excluding tert-OH is 2. The van der Waals surface area contributed by atoms with Gasteiger partial charge in [-0.05, 0) is 32.0 Å². The monoisotopic (exact) mass is 438 g/mol. The Morgan fingerprint density at radius 2 is 2.13 bits per heavy atom. The first-order valence-corrected chi connectivity index (χ1v) is 10.3. The zero-order chi connectivity index (χ0) is 22.1. The van der Waals surface area contributed by atoms with E-state index in [9.17, 15) is 19.9 Å². The summed E-state index contributed by atoms with van der Waals surface area (Å²) < 4.78 is 17.5. The molecule has 2 N–H and O–H groups in total. The van der Waals surface area contributed by atoms with Crippen molar-refractivity contribution in [1.29, 1.82) is 5.26 Å². The van der Waals surface area contributed by atoms with Crippen LogP contribution in [-0.2, 0) is 0 Å². The molecule has 0 aliphatic heterocycles. The van der Waals surface area contributed by atoms with Gasteiger partial charge in [0.1, 0.15) is 11.1 Å². The zero-order valence-corrected chi connectivity index (χ0v) is 17.6. The summed E-state index contributed by atoms with van der Waals surface area (Å²) in [6, 6.07) is 6.40. The number of aliphatic hydroxyl groups is 2. The molecule has 0 spiro atoms. The highest BCUT2D eigenvalue weighted by atomic mass is 32.2. The molecule has 0 bridgehead atoms. The third kappa shape index (κ3) is 3.79. The molecule has 2 atom stereocenters. The molecule has 10 heteroatoms. The van der Waals surface area contributed by atoms with E-state index in [-0.39, 0.29) is 11.6 Å². The van der Waals surface area contributed by atoms with E-state index in [1.165, 1.54) is 24.5 Å². The van der Waals surface area contributed by atoms with Crippen molar-refractivity contribution in [3.63, 3.8) is 0 Å². The van der Waals surface area contributed by atoms with Crippen LogP contribution in [0.1, 0.15) is 24.2 Å². The molecule has 0 aromatic carbocycles. The van der Waals surface area contributed by atoms with E-state index >= 15 is 0 Å². The lowest BCUT2D eigenvalue weighted by Gasteiger charge is -2.19. The maximum atomic E-state index is 14.2. The first kappa shape index (κ1) is 21.0. The maximum absolute atomic E-state index is 14.2. The van der Waals surface area contributed by atoms with Crippen molar-refractivity contribution in [2.75, 3.05) is 6.61 Å². The second-order valence-electron chi connectivity index (χ2n) is 7.03. The van der Waals surface area contributed by atoms with Gasteiger partial charge in [0, 0.05) is 34.1 Å². The van der Waals surface area contributed by atoms with Gasteiger partial charge in [-0.3, -0.25) is 4.68 Å². The lowest BCUT2D eigenvalue weighted by Crippen LogP contribution is -2.26. The Morgan fingerprint density at radius 3 is 2.84 bits per heavy atom. The molecular formula is C21H19FN6O2S. The van der Waals surface area contributed by atoms with E-state index in [2.05, 4.69) is 21.3 Å². The van der Waals surface area contributed by atoms with Gasteiger partial charge >= 0.3 is 0 Å². The topological polar surface area (TPSA) is 112 Å². The average Bonchev–Trinajstić information content (AvgIpc) is 3.37. The minimum absolute atomic E-state index is 0.193. The van der Waals surface area contributed by atoms with Gasteiger partial charge in [0.25, 0.3) is 0 Å². The summed E-state index contributed by atoms with van der Waals surface area (Å²) >= 11 is 1.12. The Kier molecular flexibility index (Phi) is 5.73. The van der Waals surface area contributed by atoms with Crippen LogP contribution in [0.4, 0.5) is 4.39 Å². The predicted octanol–water partition coefficient (Wildman–Crippen LogP) is 2.98. The highest BCUT2D eigenvalue weighted by molar-refractivity contribution is 7.99. The van der Waals surface area contributed by atoms with Crippen LogP contribution >= 0.6 is 11.8 Å². The Morgan fingerprint density at radius 1 is 1.32 bits per heavy atom. The number of pyridine rings is 2. The lowest BCUT2D eigenvalue weighted by atomic mass is 10.1. The molecule has 0 aliphatic rings. The summed E-state index contributed by atoms with van der Waals surface area (Å²) in [6.07, 6.45) is 5.47. The van der Waals surface area contributed by atoms with E-state index in [1.807, 2.05) is 13.0 Å². The van der Waals surface area contributed by atoms with Crippen molar-refractivity contribution in [2.24, 2.45) is 0 Å². The molecule has 0 fully saturated rings. The van der Waals surface area contributed by atoms with Crippen LogP contribution in [0.15, 0.2) is 52.9 Å². The van der Waals surface area contributed by atoms with Gasteiger partial charge in [-0.15, -0.1) is 0 Å². The van der Waals surface area contributed by atoms with Gasteiger partial charge in [0.05, 0.1) is 42.2 Å². The van der Waals surface area contributed by atoms with Crippen molar-refractivity contribution in [3.05, 3.63) is 60.1 Å². The molecule has 158 valence electrons. The molecular weight excluding hydrogens is 419 g/mol. The average molecular weight is 438 g/mol. The molecule has 0 amide bonds. The predicted molar refractivity (Wildman–Crippen MR) is 112 cm³/mol. The summed E-state index contributed by atoms with van der Waals surface area (Å²) in [5.74, 6) is -0.454. The highest BCUT2D eigenvalue weighted by Crippen LogP contribution is 2.36. The summed E-state index contributed by atoms with van der Waals surface area (Å²) in [4.78, 5) is 4.73. The lowest BCUT2D eigenvalue weighted by molar-refractivity contribution is 0.0528. The molecule has 4 heterocycles. The fourth-order valence-electron chi connectivity index (χ4n) is 3.37. The number of aromatic nitrogens is 5. The van der Waals surface area contributed by atoms with Crippen molar-refractivity contribution in [1.82, 2.24) is 24.4 Å². The molecule has 0 unspecified atom stereocenters. The van der Waals surface area contributed by atoms with Crippen LogP contribution in [0, 0.1) is 24.1 Å². The Hall–Kier alpha value is -3.26. The number of hydrogen-bond acceptors (Lipinski definition) is 7. The van der Waals surface area contributed by atoms with E-state index in [0.29, 0.717) is 16.0 Å². The first-order valence-electron chi connectivity index (χ1n) is 9.47. The third-order valence-corrected chi connectivity index (χ3v) is 6.14. The fourth-order valence-corrected chi connectivity index (χ4v) is 4.35. The van der Waals surface area contributed by atoms with E-state index in [4.69, 9.17) is 0 Å². The number of fused-ring (bicyclic) bond motifs is 1. The SMILES string of the molecule is Cc1c(-c2cc(Sc3ncccc3F)c3c(C#N)cnn3c2)cnn1[C@H](C)[C@H](O)CO. The number of halogens is 1. The van der Waals surface area contributed by atoms with Gasteiger partial charge in [0.15, 0.2) is 5.82 Å². The summed E-state index contributed by atoms with van der Waals surface area (Å²) in [5, 5.41) is 37.6. The molecule has 31 heavy (non-hydrogen) atoms. The molecule has 4 aromatic heterocycles. The van der Waals surface area contributed by atoms with Gasteiger partial charge in [-0.25, -0.2) is 13.9 Å². The van der Waals surface area contributed by atoms with Crippen molar-refractivity contribution >= 4 is 17.3 Å². The van der Waals surface area contributed by atoms with Gasteiger partial charge < -0.3 is 10.2 Å². The molecule has 0 aliphatic carbocycles. The van der Waals surface area contributed by atoms with Gasteiger partial charge in [-0.1, -0.05) is 11.8 Å². The molecule has 4 rings (SSSR count). The van der Waals surface area contributed by atoms with Crippen LogP contribution in [0.3, 0.4) is 0 Å². The van der Waals surface area contributed by atoms with E-state index in [1.54, 1.807) is 28.5 Å². The van der Waals surface area contributed by atoms with Crippen LogP contribution in [0.25, 0.3) is 16.6 Å². The number of hydrogen-bond donors (Lipinski definition) is 2.